The molecule has 30 heteroatoms. The van der Waals surface area contributed by atoms with Crippen molar-refractivity contribution < 1.29 is 613 Å². The van der Waals surface area contributed by atoms with E-state index in [0.29, 0.717) is 0 Å². The molecular formula is C15K10O20. The Hall–Kier alpha value is 11.1. The Bertz CT molecular complexity index is 888. The molecule has 1 fully saturated rings. The molecule has 0 unspecified atom stereocenters. The van der Waals surface area contributed by atoms with Crippen LogP contribution >= 0.6 is 0 Å². The summed E-state index contributed by atoms with van der Waals surface area (Å²) in [6.07, 6.45) is 0. The molecule has 1 saturated carbocycles. The molecule has 1 rings (SSSR count). The second kappa shape index (κ2) is 31.9. The predicted octanol–water partition coefficient (Wildman–Crippen LogP) is -47.5. The van der Waals surface area contributed by atoms with Gasteiger partial charge in [-0.1, -0.05) is 0 Å². The maximum Gasteiger partial charge on any atom is 1.00 e. The molecule has 0 saturated heterocycles. The van der Waals surface area contributed by atoms with E-state index in [1.54, 1.807) is 0 Å². The van der Waals surface area contributed by atoms with Gasteiger partial charge in [-0.05, 0) is 0 Å². The summed E-state index contributed by atoms with van der Waals surface area (Å²) in [4.78, 5) is 119. The number of rotatable bonds is 10. The van der Waals surface area contributed by atoms with Gasteiger partial charge in [-0.3, -0.25) is 0 Å². The molecule has 1 aliphatic carbocycles. The van der Waals surface area contributed by atoms with Crippen LogP contribution in [0.5, 0.6) is 0 Å². The summed E-state index contributed by atoms with van der Waals surface area (Å²) in [5.74, 6) is -43.1. The van der Waals surface area contributed by atoms with Crippen LogP contribution < -0.4 is 565 Å². The summed E-state index contributed by atoms with van der Waals surface area (Å²) in [6, 6.07) is 0. The van der Waals surface area contributed by atoms with Crippen LogP contribution in [0.2, 0.25) is 0 Å². The van der Waals surface area contributed by atoms with Gasteiger partial charge >= 0.3 is 514 Å². The SMILES string of the molecule is O=C([O-])C1(C(=O)[O-])C(C(=O)[O-])(C(=O)[O-])C(C(=O)[O-])(C(=O)[O-])C(C(=O)[O-])(C(=O)[O-])C1(C(=O)[O-])C(=O)[O-].[K+].[K+].[K+].[K+].[K+].[K+].[K+].[K+].[K+].[K+]. The summed E-state index contributed by atoms with van der Waals surface area (Å²) in [5, 5.41) is 119. The van der Waals surface area contributed by atoms with E-state index < -0.39 is 86.8 Å². The third-order valence-electron chi connectivity index (χ3n) is 5.87. The zero-order chi connectivity index (χ0) is 28.3. The van der Waals surface area contributed by atoms with Gasteiger partial charge in [0.25, 0.3) is 0 Å². The van der Waals surface area contributed by atoms with E-state index in [1.807, 2.05) is 0 Å². The first-order chi connectivity index (χ1) is 15.7. The van der Waals surface area contributed by atoms with E-state index in [1.165, 1.54) is 0 Å². The van der Waals surface area contributed by atoms with Gasteiger partial charge in [0.15, 0.2) is 0 Å². The van der Waals surface area contributed by atoms with Crippen molar-refractivity contribution in [2.75, 3.05) is 0 Å². The predicted molar refractivity (Wildman–Crippen MR) is 62.2 cm³/mol. The van der Waals surface area contributed by atoms with Crippen LogP contribution in [0.1, 0.15) is 0 Å². The average molecular weight is 891 g/mol. The molecule has 0 aliphatic heterocycles. The number of aliphatic carboxylic acids is 10. The summed E-state index contributed by atoms with van der Waals surface area (Å²) < 4.78 is 0. The zero-order valence-corrected chi connectivity index (χ0v) is 56.9. The molecule has 0 aromatic rings. The van der Waals surface area contributed by atoms with E-state index in [9.17, 15) is 99.0 Å². The number of carbonyl (C=O) groups excluding carboxylic acids is 10. The van der Waals surface area contributed by atoms with Crippen molar-refractivity contribution in [2.45, 2.75) is 0 Å². The van der Waals surface area contributed by atoms with Crippen molar-refractivity contribution in [3.05, 3.63) is 0 Å². The molecule has 0 aromatic carbocycles. The van der Waals surface area contributed by atoms with E-state index >= 15 is 0 Å². The summed E-state index contributed by atoms with van der Waals surface area (Å²) in [6.45, 7) is 0. The number of hydrogen-bond acceptors (Lipinski definition) is 20. The van der Waals surface area contributed by atoms with Crippen molar-refractivity contribution in [3.8, 4) is 0 Å². The number of carboxylic acids is 10. The zero-order valence-electron chi connectivity index (χ0n) is 25.7. The Balaban J connectivity index is -0.000000153. The third kappa shape index (κ3) is 11.5. The van der Waals surface area contributed by atoms with Gasteiger partial charge in [-0.15, -0.1) is 0 Å². The Kier molecular flexibility index (Phi) is 56.7. The van der Waals surface area contributed by atoms with Gasteiger partial charge < -0.3 is 99.0 Å². The molecule has 1 aliphatic rings. The molecule has 0 amide bonds. The van der Waals surface area contributed by atoms with Crippen LogP contribution in [-0.2, 0) is 47.9 Å². The third-order valence-corrected chi connectivity index (χ3v) is 5.87. The molecule has 45 heavy (non-hydrogen) atoms. The molecular weight excluding hydrogens is 891 g/mol. The van der Waals surface area contributed by atoms with Crippen LogP contribution in [0.15, 0.2) is 0 Å². The molecule has 0 radical (unpaired) electrons. The van der Waals surface area contributed by atoms with Gasteiger partial charge in [0.1, 0.15) is 0 Å². The topological polar surface area (TPSA) is 401 Å². The van der Waals surface area contributed by atoms with Crippen LogP contribution in [0.4, 0.5) is 0 Å². The summed E-state index contributed by atoms with van der Waals surface area (Å²) in [5.41, 5.74) is -32.6. The number of hydrogen-bond donors (Lipinski definition) is 0. The van der Waals surface area contributed by atoms with Crippen LogP contribution in [-0.4, -0.2) is 59.7 Å². The second-order valence-electron chi connectivity index (χ2n) is 6.62. The largest absolute Gasteiger partial charge is 1.00 e. The molecule has 20 nitrogen and oxygen atoms in total. The van der Waals surface area contributed by atoms with Crippen LogP contribution in [0, 0.1) is 27.1 Å². The first kappa shape index (κ1) is 80.1. The van der Waals surface area contributed by atoms with Gasteiger partial charge in [0.05, 0.1) is 86.8 Å². The van der Waals surface area contributed by atoms with Crippen molar-refractivity contribution in [1.82, 2.24) is 0 Å². The van der Waals surface area contributed by atoms with E-state index in [4.69, 9.17) is 0 Å². The molecule has 0 spiro atoms. The smallest absolute Gasteiger partial charge is 0.549 e. The van der Waals surface area contributed by atoms with Gasteiger partial charge in [0.2, 0.25) is 0 Å². The van der Waals surface area contributed by atoms with E-state index in [2.05, 4.69) is 0 Å². The van der Waals surface area contributed by atoms with E-state index in [-0.39, 0.29) is 514 Å². The fraction of sp³-hybridized carbons (Fsp3) is 0.333. The summed E-state index contributed by atoms with van der Waals surface area (Å²) >= 11 is 0. The second-order valence-corrected chi connectivity index (χ2v) is 6.62. The minimum absolute atomic E-state index is 0. The molecule has 0 heterocycles. The summed E-state index contributed by atoms with van der Waals surface area (Å²) in [7, 11) is 0. The standard InChI is InChI=1S/C15H10O20.10K/c16-1(17)11(2(18)19)12(3(20)21,4(22)23)14(7(28)29,8(30)31)15(9(32)33,10(34)35)13(11,5(24)25)6(26)27;;;;;;;;;;/h(H,16,17)(H,18,19)(H,20,21)(H,22,23)(H,24,25)(H,26,27)(H,28,29)(H,30,31)(H,32,33)(H,34,35);;;;;;;;;;/q;10*+1/p-10. The first-order valence-electron chi connectivity index (χ1n) is 7.83. The fourth-order valence-electron chi connectivity index (χ4n) is 4.88. The number of carboxylic acid groups (broad SMARTS) is 10. The molecule has 0 atom stereocenters. The quantitative estimate of drug-likeness (QED) is 0.145. The van der Waals surface area contributed by atoms with Crippen LogP contribution in [0.3, 0.4) is 0 Å². The molecule has 190 valence electrons. The van der Waals surface area contributed by atoms with E-state index in [0.717, 1.165) is 0 Å². The molecule has 0 N–H and O–H groups in total. The normalized spacial score (nSPS) is 15.6. The minimum atomic E-state index is -6.52. The monoisotopic (exact) mass is 890 g/mol. The van der Waals surface area contributed by atoms with Gasteiger partial charge in [-0.2, -0.15) is 0 Å². The maximum atomic E-state index is 11.9. The molecule has 0 aromatic heterocycles. The van der Waals surface area contributed by atoms with Crippen molar-refractivity contribution in [3.63, 3.8) is 0 Å². The first-order valence-corrected chi connectivity index (χ1v) is 7.83. The average Bonchev–Trinajstić information content (AvgIpc) is 2.89. The molecule has 0 bridgehead atoms. The number of carbonyl (C=O) groups is 10. The van der Waals surface area contributed by atoms with Crippen LogP contribution in [0.25, 0.3) is 0 Å². The Morgan fingerprint density at radius 3 is 0.267 bits per heavy atom. The maximum absolute atomic E-state index is 11.9. The van der Waals surface area contributed by atoms with Crippen molar-refractivity contribution in [2.24, 2.45) is 27.1 Å². The Morgan fingerprint density at radius 1 is 0.200 bits per heavy atom. The Labute approximate surface area is 676 Å². The fourth-order valence-corrected chi connectivity index (χ4v) is 4.88. The van der Waals surface area contributed by atoms with Crippen molar-refractivity contribution >= 4 is 59.7 Å². The van der Waals surface area contributed by atoms with Gasteiger partial charge in [0, 0.05) is 0 Å². The minimum Gasteiger partial charge on any atom is -0.549 e. The van der Waals surface area contributed by atoms with Crippen molar-refractivity contribution in [1.29, 1.82) is 0 Å². The van der Waals surface area contributed by atoms with Gasteiger partial charge in [-0.25, -0.2) is 0 Å². The Morgan fingerprint density at radius 2 is 0.244 bits per heavy atom.